The highest BCUT2D eigenvalue weighted by molar-refractivity contribution is 5.72. The van der Waals surface area contributed by atoms with Gasteiger partial charge in [0, 0.05) is 42.0 Å². The number of rotatable bonds is 3. The van der Waals surface area contributed by atoms with Gasteiger partial charge in [-0.05, 0) is 0 Å². The quantitative estimate of drug-likeness (QED) is 0.515. The topological polar surface area (TPSA) is 76.7 Å². The van der Waals surface area contributed by atoms with Gasteiger partial charge in [-0.25, -0.2) is 21.0 Å². The van der Waals surface area contributed by atoms with Crippen LogP contribution in [0.2, 0.25) is 0 Å². The summed E-state index contributed by atoms with van der Waals surface area (Å²) in [7, 11) is 6.86. The van der Waals surface area contributed by atoms with Crippen LogP contribution in [-0.4, -0.2) is 50.1 Å². The Bertz CT molecular complexity index is 191. The third-order valence-corrected chi connectivity index (χ3v) is 1.14. The molecular weight excluding hydrogens is 198 g/mol. The van der Waals surface area contributed by atoms with Crippen molar-refractivity contribution in [2.75, 3.05) is 28.2 Å². The lowest BCUT2D eigenvalue weighted by atomic mass is 10.7. The van der Waals surface area contributed by atoms with Gasteiger partial charge in [-0.2, -0.15) is 0 Å². The van der Waals surface area contributed by atoms with Crippen LogP contribution >= 0.6 is 0 Å². The molecule has 0 radical (unpaired) electrons. The van der Waals surface area contributed by atoms with Gasteiger partial charge < -0.3 is 0 Å². The van der Waals surface area contributed by atoms with Crippen molar-refractivity contribution in [3.05, 3.63) is 0 Å². The highest BCUT2D eigenvalue weighted by atomic mass is 16.2. The lowest BCUT2D eigenvalue weighted by molar-refractivity contribution is -0.134. The molecule has 0 saturated heterocycles. The second-order valence-corrected chi connectivity index (χ2v) is 2.86. The molecule has 3 N–H and O–H groups in total. The van der Waals surface area contributed by atoms with Gasteiger partial charge in [-0.15, -0.1) is 0 Å². The summed E-state index contributed by atoms with van der Waals surface area (Å²) in [5.74, 6) is -0.0972. The highest BCUT2D eigenvalue weighted by Crippen LogP contribution is 1.70. The number of hydrogen-bond donors (Lipinski definition) is 3. The van der Waals surface area contributed by atoms with E-state index in [1.807, 2.05) is 0 Å². The summed E-state index contributed by atoms with van der Waals surface area (Å²) >= 11 is 0. The first kappa shape index (κ1) is 16.3. The van der Waals surface area contributed by atoms with E-state index in [9.17, 15) is 9.59 Å². The first-order chi connectivity index (χ1) is 6.84. The van der Waals surface area contributed by atoms with Crippen molar-refractivity contribution in [2.45, 2.75) is 13.8 Å². The Morgan fingerprint density at radius 2 is 1.40 bits per heavy atom. The van der Waals surface area contributed by atoms with E-state index in [-0.39, 0.29) is 11.8 Å². The summed E-state index contributed by atoms with van der Waals surface area (Å²) in [5.41, 5.74) is 7.75. The Morgan fingerprint density at radius 3 is 1.40 bits per heavy atom. The summed E-state index contributed by atoms with van der Waals surface area (Å²) < 4.78 is 0. The zero-order chi connectivity index (χ0) is 12.4. The molecule has 7 nitrogen and oxygen atoms in total. The van der Waals surface area contributed by atoms with E-state index in [1.165, 1.54) is 19.0 Å². The fraction of sp³-hybridized carbons (Fsp3) is 0.750. The third-order valence-electron chi connectivity index (χ3n) is 1.14. The monoisotopic (exact) mass is 219 g/mol. The smallest absolute Gasteiger partial charge is 0.248 e. The van der Waals surface area contributed by atoms with Crippen molar-refractivity contribution in [2.24, 2.45) is 0 Å². The average molecular weight is 219 g/mol. The average Bonchev–Trinajstić information content (AvgIpc) is 2.03. The number of amides is 2. The maximum atomic E-state index is 10.4. The molecule has 0 unspecified atom stereocenters. The van der Waals surface area contributed by atoms with Gasteiger partial charge >= 0.3 is 0 Å². The number of hydrazine groups is 3. The van der Waals surface area contributed by atoms with Crippen LogP contribution in [0.4, 0.5) is 0 Å². The molecule has 0 spiro atoms. The fourth-order valence-electron chi connectivity index (χ4n) is 0.742. The van der Waals surface area contributed by atoms with Gasteiger partial charge in [-0.1, -0.05) is 0 Å². The van der Waals surface area contributed by atoms with Crippen LogP contribution in [0.25, 0.3) is 0 Å². The Balaban J connectivity index is 0. The molecule has 0 atom stereocenters. The summed E-state index contributed by atoms with van der Waals surface area (Å²) in [6.07, 6.45) is 0. The van der Waals surface area contributed by atoms with Gasteiger partial charge in [0.1, 0.15) is 0 Å². The van der Waals surface area contributed by atoms with Crippen molar-refractivity contribution >= 4 is 11.8 Å². The zero-order valence-corrected chi connectivity index (χ0v) is 10.2. The first-order valence-corrected chi connectivity index (χ1v) is 4.45. The molecule has 90 valence electrons. The van der Waals surface area contributed by atoms with Crippen LogP contribution in [0.3, 0.4) is 0 Å². The van der Waals surface area contributed by atoms with Gasteiger partial charge in [0.2, 0.25) is 11.8 Å². The Hall–Kier alpha value is -1.18. The highest BCUT2D eigenvalue weighted by Gasteiger charge is 1.98. The SMILES string of the molecule is CC(=O)NN(C)C.CNN(NC)C(C)=O. The van der Waals surface area contributed by atoms with Crippen molar-refractivity contribution in [1.29, 1.82) is 0 Å². The molecule has 0 rings (SSSR count). The van der Waals surface area contributed by atoms with Crippen LogP contribution in [0.15, 0.2) is 0 Å². The number of nitrogens with one attached hydrogen (secondary N) is 3. The Kier molecular flexibility index (Phi) is 10.2. The second-order valence-electron chi connectivity index (χ2n) is 2.86. The lowest BCUT2D eigenvalue weighted by Gasteiger charge is -2.16. The minimum Gasteiger partial charge on any atom is -0.290 e. The Morgan fingerprint density at radius 1 is 1.00 bits per heavy atom. The van der Waals surface area contributed by atoms with Crippen molar-refractivity contribution in [3.63, 3.8) is 0 Å². The molecule has 0 aliphatic heterocycles. The minimum atomic E-state index is -0.0602. The van der Waals surface area contributed by atoms with E-state index in [0.717, 1.165) is 0 Å². The molecule has 0 aromatic rings. The number of carbonyl (C=O) groups excluding carboxylic acids is 2. The van der Waals surface area contributed by atoms with E-state index >= 15 is 0 Å². The predicted octanol–water partition coefficient (Wildman–Crippen LogP) is -1.30. The summed E-state index contributed by atoms with van der Waals surface area (Å²) in [5, 5.41) is 2.88. The predicted molar refractivity (Wildman–Crippen MR) is 58.1 cm³/mol. The molecule has 0 aliphatic carbocycles. The van der Waals surface area contributed by atoms with Crippen molar-refractivity contribution in [1.82, 2.24) is 26.4 Å². The summed E-state index contributed by atoms with van der Waals surface area (Å²) in [6, 6.07) is 0. The second kappa shape index (κ2) is 9.38. The molecule has 15 heavy (non-hydrogen) atoms. The molecule has 0 heterocycles. The zero-order valence-electron chi connectivity index (χ0n) is 10.2. The molecule has 0 saturated carbocycles. The molecule has 0 aliphatic rings. The molecule has 0 fully saturated rings. The van der Waals surface area contributed by atoms with Crippen molar-refractivity contribution < 1.29 is 9.59 Å². The molecular formula is C8H21N5O2. The lowest BCUT2D eigenvalue weighted by Crippen LogP contribution is -2.47. The largest absolute Gasteiger partial charge is 0.290 e. The third kappa shape index (κ3) is 12.8. The molecule has 0 aromatic heterocycles. The van der Waals surface area contributed by atoms with Crippen LogP contribution in [0.5, 0.6) is 0 Å². The van der Waals surface area contributed by atoms with Gasteiger partial charge in [0.15, 0.2) is 0 Å². The van der Waals surface area contributed by atoms with E-state index < -0.39 is 0 Å². The van der Waals surface area contributed by atoms with Crippen LogP contribution in [0.1, 0.15) is 13.8 Å². The van der Waals surface area contributed by atoms with Gasteiger partial charge in [0.25, 0.3) is 0 Å². The molecule has 2 amide bonds. The van der Waals surface area contributed by atoms with Gasteiger partial charge in [-0.3, -0.25) is 15.0 Å². The molecule has 0 aromatic carbocycles. The summed E-state index contributed by atoms with van der Waals surface area (Å²) in [4.78, 5) is 20.5. The van der Waals surface area contributed by atoms with E-state index in [0.29, 0.717) is 0 Å². The Labute approximate surface area is 90.7 Å². The maximum absolute atomic E-state index is 10.4. The molecule has 0 bridgehead atoms. The molecule has 7 heteroatoms. The first-order valence-electron chi connectivity index (χ1n) is 4.45. The van der Waals surface area contributed by atoms with Crippen LogP contribution < -0.4 is 16.3 Å². The maximum Gasteiger partial charge on any atom is 0.248 e. The summed E-state index contributed by atoms with van der Waals surface area (Å²) in [6.45, 7) is 2.94. The van der Waals surface area contributed by atoms with E-state index in [1.54, 1.807) is 33.2 Å². The number of nitrogens with zero attached hydrogens (tertiary/aromatic N) is 2. The van der Waals surface area contributed by atoms with E-state index in [4.69, 9.17) is 0 Å². The standard InChI is InChI=1S/C4H11N3O.C4H10N2O/c1-4(8)7(5-2)6-3;1-4(7)5-6(2)3/h5-6H,1-3H3;1-3H3,(H,5,7). The number of carbonyl (C=O) groups is 2. The van der Waals surface area contributed by atoms with Crippen LogP contribution in [-0.2, 0) is 9.59 Å². The normalized spacial score (nSPS) is 9.00. The minimum absolute atomic E-state index is 0.0370. The fourth-order valence-corrected chi connectivity index (χ4v) is 0.742. The van der Waals surface area contributed by atoms with Crippen LogP contribution in [0, 0.1) is 0 Å². The van der Waals surface area contributed by atoms with Gasteiger partial charge in [0.05, 0.1) is 0 Å². The number of hydrogen-bond acceptors (Lipinski definition) is 5. The van der Waals surface area contributed by atoms with E-state index in [2.05, 4.69) is 16.3 Å². The van der Waals surface area contributed by atoms with Crippen molar-refractivity contribution in [3.8, 4) is 0 Å².